The number of methoxy groups -OCH3 is 2. The molecule has 0 unspecified atom stereocenters. The van der Waals surface area contributed by atoms with Gasteiger partial charge in [0.05, 0.1) is 19.1 Å². The highest BCUT2D eigenvalue weighted by atomic mass is 32.2. The van der Waals surface area contributed by atoms with E-state index < -0.39 is 16.1 Å². The van der Waals surface area contributed by atoms with Gasteiger partial charge in [-0.05, 0) is 71.6 Å². The molecule has 14 heteroatoms. The maximum absolute atomic E-state index is 13.8. The van der Waals surface area contributed by atoms with Crippen LogP contribution in [0.1, 0.15) is 26.3 Å². The zero-order valence-corrected chi connectivity index (χ0v) is 29.0. The summed E-state index contributed by atoms with van der Waals surface area (Å²) in [5.41, 5.74) is 1.31. The molecule has 0 spiro atoms. The first-order chi connectivity index (χ1) is 24.0. The first-order valence-corrected chi connectivity index (χ1v) is 16.9. The standard InChI is InChI=1S/C36H37N5O8S/c1-36(2,3)25-15-19-27(20-16-25)50(43,44)41-33-31(49-29-11-7-6-10-28(29)46-5)34(40-32(39-33)24-13-17-26(45-4)18-14-24)47-22-23-48-35(42)38-30-12-8-9-21-37-30/h6-21H,22-23H2,1-5H3,(H,37,38,42)(H,39,40,41). The molecular weight excluding hydrogens is 662 g/mol. The van der Waals surface area contributed by atoms with Crippen molar-refractivity contribution in [3.63, 3.8) is 0 Å². The Labute approximate surface area is 290 Å². The van der Waals surface area contributed by atoms with Gasteiger partial charge >= 0.3 is 6.09 Å². The fourth-order valence-corrected chi connectivity index (χ4v) is 5.55. The van der Waals surface area contributed by atoms with Gasteiger partial charge in [-0.1, -0.05) is 51.1 Å². The minimum absolute atomic E-state index is 0.00754. The molecule has 3 aromatic carbocycles. The summed E-state index contributed by atoms with van der Waals surface area (Å²) in [6.45, 7) is 5.74. The van der Waals surface area contributed by atoms with Crippen molar-refractivity contribution < 1.29 is 36.9 Å². The van der Waals surface area contributed by atoms with Gasteiger partial charge in [0.1, 0.15) is 24.8 Å². The molecule has 1 amide bonds. The molecule has 2 aromatic heterocycles. The number of nitrogens with zero attached hydrogens (tertiary/aromatic N) is 3. The van der Waals surface area contributed by atoms with Crippen molar-refractivity contribution in [1.29, 1.82) is 0 Å². The Morgan fingerprint density at radius 1 is 0.800 bits per heavy atom. The second kappa shape index (κ2) is 15.6. The first kappa shape index (κ1) is 35.4. The Morgan fingerprint density at radius 3 is 2.14 bits per heavy atom. The van der Waals surface area contributed by atoms with Crippen LogP contribution in [-0.4, -0.2) is 56.9 Å². The molecule has 0 bridgehead atoms. The number of hydrogen-bond donors (Lipinski definition) is 2. The quantitative estimate of drug-likeness (QED) is 0.121. The van der Waals surface area contributed by atoms with Crippen LogP contribution in [0.4, 0.5) is 16.4 Å². The predicted octanol–water partition coefficient (Wildman–Crippen LogP) is 7.07. The molecule has 2 heterocycles. The Kier molecular flexibility index (Phi) is 11.0. The summed E-state index contributed by atoms with van der Waals surface area (Å²) >= 11 is 0. The van der Waals surface area contributed by atoms with Gasteiger partial charge in [0.25, 0.3) is 15.9 Å². The van der Waals surface area contributed by atoms with E-state index >= 15 is 0 Å². The lowest BCUT2D eigenvalue weighted by Crippen LogP contribution is -2.19. The van der Waals surface area contributed by atoms with Gasteiger partial charge in [0.15, 0.2) is 23.1 Å². The number of anilines is 2. The number of amides is 1. The Balaban J connectivity index is 1.53. The summed E-state index contributed by atoms with van der Waals surface area (Å²) in [6.07, 6.45) is 0.787. The van der Waals surface area contributed by atoms with Crippen LogP contribution in [-0.2, 0) is 20.2 Å². The van der Waals surface area contributed by atoms with E-state index in [2.05, 4.69) is 25.0 Å². The molecule has 0 aliphatic carbocycles. The number of ether oxygens (including phenoxy) is 5. The summed E-state index contributed by atoms with van der Waals surface area (Å²) in [7, 11) is -1.19. The van der Waals surface area contributed by atoms with Gasteiger partial charge in [-0.25, -0.2) is 23.2 Å². The number of carbonyl (C=O) groups excluding carboxylic acids is 1. The van der Waals surface area contributed by atoms with Crippen LogP contribution in [0.15, 0.2) is 102 Å². The van der Waals surface area contributed by atoms with Crippen molar-refractivity contribution in [2.75, 3.05) is 37.5 Å². The average Bonchev–Trinajstić information content (AvgIpc) is 3.11. The molecule has 0 aliphatic heterocycles. The SMILES string of the molecule is COc1ccc(-c2nc(NS(=O)(=O)c3ccc(C(C)(C)C)cc3)c(Oc3ccccc3OC)c(OCCOC(=O)Nc3ccccn3)n2)cc1. The maximum atomic E-state index is 13.8. The van der Waals surface area contributed by atoms with Crippen molar-refractivity contribution >= 4 is 27.8 Å². The monoisotopic (exact) mass is 699 g/mol. The third-order valence-corrected chi connectivity index (χ3v) is 8.53. The highest BCUT2D eigenvalue weighted by molar-refractivity contribution is 7.92. The summed E-state index contributed by atoms with van der Waals surface area (Å²) in [5.74, 6) is 1.13. The second-order valence-electron chi connectivity index (χ2n) is 11.7. The van der Waals surface area contributed by atoms with E-state index in [1.54, 1.807) is 86.0 Å². The largest absolute Gasteiger partial charge is 0.497 e. The Bertz CT molecular complexity index is 2020. The first-order valence-electron chi connectivity index (χ1n) is 15.4. The lowest BCUT2D eigenvalue weighted by Gasteiger charge is -2.20. The molecule has 5 aromatic rings. The number of aromatic nitrogens is 3. The molecule has 0 aliphatic rings. The molecule has 5 rings (SSSR count). The van der Waals surface area contributed by atoms with Crippen molar-refractivity contribution in [1.82, 2.24) is 15.0 Å². The van der Waals surface area contributed by atoms with Gasteiger partial charge < -0.3 is 23.7 Å². The Morgan fingerprint density at radius 2 is 1.50 bits per heavy atom. The number of hydrogen-bond acceptors (Lipinski definition) is 11. The van der Waals surface area contributed by atoms with Crippen LogP contribution in [0.2, 0.25) is 0 Å². The van der Waals surface area contributed by atoms with Crippen molar-refractivity contribution in [3.05, 3.63) is 103 Å². The topological polar surface area (TPSA) is 160 Å². The van der Waals surface area contributed by atoms with Crippen molar-refractivity contribution in [3.8, 4) is 40.3 Å². The Hall–Kier alpha value is -5.89. The number of pyridine rings is 1. The van der Waals surface area contributed by atoms with Gasteiger partial charge in [-0.15, -0.1) is 0 Å². The number of rotatable bonds is 13. The molecule has 0 saturated carbocycles. The average molecular weight is 700 g/mol. The molecule has 0 saturated heterocycles. The minimum atomic E-state index is -4.21. The lowest BCUT2D eigenvalue weighted by molar-refractivity contribution is 0.135. The van der Waals surface area contributed by atoms with E-state index in [1.165, 1.54) is 25.4 Å². The number of sulfonamides is 1. The van der Waals surface area contributed by atoms with Crippen molar-refractivity contribution in [2.45, 2.75) is 31.1 Å². The molecule has 13 nitrogen and oxygen atoms in total. The van der Waals surface area contributed by atoms with Crippen LogP contribution >= 0.6 is 0 Å². The molecule has 2 N–H and O–H groups in total. The lowest BCUT2D eigenvalue weighted by atomic mass is 9.87. The van der Waals surface area contributed by atoms with Gasteiger partial charge in [0, 0.05) is 11.8 Å². The van der Waals surface area contributed by atoms with Crippen LogP contribution in [0.3, 0.4) is 0 Å². The summed E-state index contributed by atoms with van der Waals surface area (Å²) in [4.78, 5) is 25.6. The van der Waals surface area contributed by atoms with E-state index in [-0.39, 0.29) is 52.5 Å². The summed E-state index contributed by atoms with van der Waals surface area (Å²) < 4.78 is 58.5. The second-order valence-corrected chi connectivity index (χ2v) is 13.4. The molecule has 50 heavy (non-hydrogen) atoms. The smallest absolute Gasteiger partial charge is 0.412 e. The normalized spacial score (nSPS) is 11.3. The third-order valence-electron chi connectivity index (χ3n) is 7.18. The van der Waals surface area contributed by atoms with E-state index in [0.717, 1.165) is 5.56 Å². The van der Waals surface area contributed by atoms with Crippen LogP contribution in [0.5, 0.6) is 28.9 Å². The minimum Gasteiger partial charge on any atom is -0.497 e. The van der Waals surface area contributed by atoms with E-state index in [1.807, 2.05) is 20.8 Å². The highest BCUT2D eigenvalue weighted by Gasteiger charge is 2.26. The van der Waals surface area contributed by atoms with Gasteiger partial charge in [-0.2, -0.15) is 4.98 Å². The van der Waals surface area contributed by atoms with Crippen molar-refractivity contribution in [2.24, 2.45) is 0 Å². The fraction of sp³-hybridized carbons (Fsp3) is 0.222. The number of nitrogens with one attached hydrogen (secondary N) is 2. The van der Waals surface area contributed by atoms with Crippen LogP contribution < -0.4 is 29.0 Å². The highest BCUT2D eigenvalue weighted by Crippen LogP contribution is 2.42. The maximum Gasteiger partial charge on any atom is 0.412 e. The van der Waals surface area contributed by atoms with Crippen LogP contribution in [0, 0.1) is 0 Å². The molecular formula is C36H37N5O8S. The number of para-hydroxylation sites is 2. The summed E-state index contributed by atoms with van der Waals surface area (Å²) in [5, 5.41) is 2.52. The van der Waals surface area contributed by atoms with E-state index in [4.69, 9.17) is 23.7 Å². The number of carbonyl (C=O) groups is 1. The predicted molar refractivity (Wildman–Crippen MR) is 188 cm³/mol. The zero-order valence-electron chi connectivity index (χ0n) is 28.2. The van der Waals surface area contributed by atoms with E-state index in [9.17, 15) is 13.2 Å². The van der Waals surface area contributed by atoms with Gasteiger partial charge in [-0.3, -0.25) is 10.0 Å². The van der Waals surface area contributed by atoms with Gasteiger partial charge in [0.2, 0.25) is 5.75 Å². The van der Waals surface area contributed by atoms with Crippen LogP contribution in [0.25, 0.3) is 11.4 Å². The molecule has 260 valence electrons. The van der Waals surface area contributed by atoms with E-state index in [0.29, 0.717) is 22.9 Å². The molecule has 0 radical (unpaired) electrons. The fourth-order valence-electron chi connectivity index (χ4n) is 4.54. The molecule has 0 fully saturated rings. The number of benzene rings is 3. The third kappa shape index (κ3) is 8.96. The molecule has 0 atom stereocenters. The summed E-state index contributed by atoms with van der Waals surface area (Å²) in [6, 6.07) is 25.3. The zero-order chi connectivity index (χ0) is 35.7.